The number of ether oxygens (including phenoxy) is 1. The number of hydrogen-bond donors (Lipinski definition) is 1. The highest BCUT2D eigenvalue weighted by Crippen LogP contribution is 2.16. The van der Waals surface area contributed by atoms with Gasteiger partial charge in [0.1, 0.15) is 0 Å². The highest BCUT2D eigenvalue weighted by Gasteiger charge is 2.22. The summed E-state index contributed by atoms with van der Waals surface area (Å²) in [6.07, 6.45) is 1.91. The van der Waals surface area contributed by atoms with Gasteiger partial charge in [-0.1, -0.05) is 19.1 Å². The van der Waals surface area contributed by atoms with Crippen molar-refractivity contribution in [3.63, 3.8) is 0 Å². The quantitative estimate of drug-likeness (QED) is 0.800. The lowest BCUT2D eigenvalue weighted by molar-refractivity contribution is -0.123. The molecule has 0 bridgehead atoms. The summed E-state index contributed by atoms with van der Waals surface area (Å²) in [5.41, 5.74) is 0.188. The molecule has 0 aliphatic heterocycles. The molecule has 1 amide bonds. The molecule has 7 nitrogen and oxygen atoms in total. The molecule has 1 heterocycles. The molecule has 2 rings (SSSR count). The lowest BCUT2D eigenvalue weighted by Crippen LogP contribution is -2.30. The topological polar surface area (TPSA) is 98.2 Å². The van der Waals surface area contributed by atoms with Gasteiger partial charge in [0.25, 0.3) is 5.91 Å². The van der Waals surface area contributed by atoms with Crippen molar-refractivity contribution in [3.8, 4) is 0 Å². The van der Waals surface area contributed by atoms with Crippen molar-refractivity contribution in [1.29, 1.82) is 0 Å². The largest absolute Gasteiger partial charge is 0.449 e. The molecule has 0 saturated heterocycles. The molecule has 0 fully saturated rings. The zero-order chi connectivity index (χ0) is 17.5. The Morgan fingerprint density at radius 3 is 2.54 bits per heavy atom. The molecule has 1 aromatic heterocycles. The van der Waals surface area contributed by atoms with Gasteiger partial charge in [-0.05, 0) is 25.1 Å². The molecule has 1 aromatic carbocycles. The maximum atomic E-state index is 12.3. The van der Waals surface area contributed by atoms with Gasteiger partial charge in [0.15, 0.2) is 6.10 Å². The fourth-order valence-electron chi connectivity index (χ4n) is 1.84. The number of rotatable bonds is 6. The third kappa shape index (κ3) is 4.45. The van der Waals surface area contributed by atoms with Gasteiger partial charge in [-0.3, -0.25) is 14.3 Å². The van der Waals surface area contributed by atoms with E-state index in [9.17, 15) is 13.8 Å². The van der Waals surface area contributed by atoms with Gasteiger partial charge in [-0.2, -0.15) is 0 Å². The number of amides is 1. The Morgan fingerprint density at radius 2 is 1.88 bits per heavy atom. The SMILES string of the molecule is CCS(=O)c1ccccc1C(=O)OC(C)C(=O)Nc1ncccn1. The molecule has 126 valence electrons. The Kier molecular flexibility index (Phi) is 6.14. The van der Waals surface area contributed by atoms with Crippen LogP contribution < -0.4 is 5.32 Å². The van der Waals surface area contributed by atoms with Crippen LogP contribution in [0.3, 0.4) is 0 Å². The van der Waals surface area contributed by atoms with E-state index in [0.29, 0.717) is 10.6 Å². The Labute approximate surface area is 141 Å². The van der Waals surface area contributed by atoms with Crippen molar-refractivity contribution in [2.24, 2.45) is 0 Å². The van der Waals surface area contributed by atoms with Gasteiger partial charge >= 0.3 is 5.97 Å². The summed E-state index contributed by atoms with van der Waals surface area (Å²) >= 11 is 0. The number of carbonyl (C=O) groups excluding carboxylic acids is 2. The number of hydrogen-bond acceptors (Lipinski definition) is 6. The van der Waals surface area contributed by atoms with E-state index >= 15 is 0 Å². The van der Waals surface area contributed by atoms with Gasteiger partial charge in [0, 0.05) is 18.1 Å². The van der Waals surface area contributed by atoms with Crippen molar-refractivity contribution in [2.75, 3.05) is 11.1 Å². The summed E-state index contributed by atoms with van der Waals surface area (Å²) in [5, 5.41) is 2.45. The molecule has 0 saturated carbocycles. The summed E-state index contributed by atoms with van der Waals surface area (Å²) < 4.78 is 17.2. The first kappa shape index (κ1) is 17.7. The Hall–Kier alpha value is -2.61. The van der Waals surface area contributed by atoms with Crippen LogP contribution in [0, 0.1) is 0 Å². The van der Waals surface area contributed by atoms with Crippen LogP contribution in [-0.4, -0.2) is 37.9 Å². The molecule has 2 unspecified atom stereocenters. The van der Waals surface area contributed by atoms with E-state index in [0.717, 1.165) is 0 Å². The molecule has 2 atom stereocenters. The van der Waals surface area contributed by atoms with E-state index < -0.39 is 28.8 Å². The number of benzene rings is 1. The van der Waals surface area contributed by atoms with Crippen LogP contribution in [0.15, 0.2) is 47.6 Å². The van der Waals surface area contributed by atoms with Crippen molar-refractivity contribution in [2.45, 2.75) is 24.8 Å². The molecular formula is C16H17N3O4S. The fourth-order valence-corrected chi connectivity index (χ4v) is 2.78. The molecule has 0 aliphatic carbocycles. The van der Waals surface area contributed by atoms with Crippen molar-refractivity contribution < 1.29 is 18.5 Å². The second-order valence-electron chi connectivity index (χ2n) is 4.74. The zero-order valence-corrected chi connectivity index (χ0v) is 14.1. The first-order chi connectivity index (χ1) is 11.5. The van der Waals surface area contributed by atoms with Crippen molar-refractivity contribution >= 4 is 28.6 Å². The average molecular weight is 347 g/mol. The fraction of sp³-hybridized carbons (Fsp3) is 0.250. The predicted molar refractivity (Wildman–Crippen MR) is 88.9 cm³/mol. The summed E-state index contributed by atoms with van der Waals surface area (Å²) in [6.45, 7) is 3.20. The lowest BCUT2D eigenvalue weighted by atomic mass is 10.2. The first-order valence-electron chi connectivity index (χ1n) is 7.29. The maximum absolute atomic E-state index is 12.3. The molecule has 1 N–H and O–H groups in total. The summed E-state index contributed by atoms with van der Waals surface area (Å²) in [5.74, 6) is -0.753. The minimum atomic E-state index is -1.30. The number of aromatic nitrogens is 2. The van der Waals surface area contributed by atoms with Crippen molar-refractivity contribution in [3.05, 3.63) is 48.3 Å². The van der Waals surface area contributed by atoms with Gasteiger partial charge < -0.3 is 4.74 Å². The smallest absolute Gasteiger partial charge is 0.340 e. The van der Waals surface area contributed by atoms with E-state index in [1.807, 2.05) is 0 Å². The Bertz CT molecular complexity index is 752. The molecule has 24 heavy (non-hydrogen) atoms. The van der Waals surface area contributed by atoms with Crippen LogP contribution in [0.1, 0.15) is 24.2 Å². The zero-order valence-electron chi connectivity index (χ0n) is 13.3. The molecule has 8 heteroatoms. The number of anilines is 1. The standard InChI is InChI=1S/C16H17N3O4S/c1-3-24(22)13-8-5-4-7-12(13)15(21)23-11(2)14(20)19-16-17-9-6-10-18-16/h4-11H,3H2,1-2H3,(H,17,18,19,20). The number of nitrogens with one attached hydrogen (secondary N) is 1. The second kappa shape index (κ2) is 8.30. The Balaban J connectivity index is 2.06. The average Bonchev–Trinajstić information content (AvgIpc) is 2.61. The van der Waals surface area contributed by atoms with Gasteiger partial charge in [-0.25, -0.2) is 14.8 Å². The van der Waals surface area contributed by atoms with Gasteiger partial charge in [0.05, 0.1) is 21.3 Å². The number of esters is 1. The monoisotopic (exact) mass is 347 g/mol. The second-order valence-corrected chi connectivity index (χ2v) is 6.45. The third-order valence-electron chi connectivity index (χ3n) is 3.07. The van der Waals surface area contributed by atoms with Crippen LogP contribution in [0.4, 0.5) is 5.95 Å². The van der Waals surface area contributed by atoms with Crippen LogP contribution >= 0.6 is 0 Å². The van der Waals surface area contributed by atoms with E-state index in [2.05, 4.69) is 15.3 Å². The van der Waals surface area contributed by atoms with Crippen LogP contribution in [0.25, 0.3) is 0 Å². The van der Waals surface area contributed by atoms with Gasteiger partial charge in [-0.15, -0.1) is 0 Å². The first-order valence-corrected chi connectivity index (χ1v) is 8.61. The van der Waals surface area contributed by atoms with E-state index in [4.69, 9.17) is 4.74 Å². The summed E-state index contributed by atoms with van der Waals surface area (Å²) in [7, 11) is -1.30. The number of carbonyl (C=O) groups is 2. The van der Waals surface area contributed by atoms with E-state index in [1.54, 1.807) is 31.2 Å². The molecule has 2 aromatic rings. The third-order valence-corrected chi connectivity index (χ3v) is 4.44. The van der Waals surface area contributed by atoms with E-state index in [1.165, 1.54) is 25.4 Å². The van der Waals surface area contributed by atoms with Crippen LogP contribution in [0.5, 0.6) is 0 Å². The van der Waals surface area contributed by atoms with Crippen LogP contribution in [-0.2, 0) is 20.3 Å². The molecule has 0 spiro atoms. The highest BCUT2D eigenvalue weighted by atomic mass is 32.2. The maximum Gasteiger partial charge on any atom is 0.340 e. The Morgan fingerprint density at radius 1 is 1.21 bits per heavy atom. The minimum absolute atomic E-state index is 0.123. The van der Waals surface area contributed by atoms with Gasteiger partial charge in [0.2, 0.25) is 5.95 Å². The minimum Gasteiger partial charge on any atom is -0.449 e. The van der Waals surface area contributed by atoms with Crippen LogP contribution in [0.2, 0.25) is 0 Å². The van der Waals surface area contributed by atoms with Crippen molar-refractivity contribution in [1.82, 2.24) is 9.97 Å². The highest BCUT2D eigenvalue weighted by molar-refractivity contribution is 7.85. The lowest BCUT2D eigenvalue weighted by Gasteiger charge is -2.14. The molecular weight excluding hydrogens is 330 g/mol. The normalized spacial score (nSPS) is 12.9. The molecule has 0 radical (unpaired) electrons. The number of nitrogens with zero attached hydrogens (tertiary/aromatic N) is 2. The molecule has 0 aliphatic rings. The summed E-state index contributed by atoms with van der Waals surface area (Å²) in [4.78, 5) is 32.4. The summed E-state index contributed by atoms with van der Waals surface area (Å²) in [6, 6.07) is 8.09. The predicted octanol–water partition coefficient (Wildman–Crippen LogP) is 1.79. The van der Waals surface area contributed by atoms with E-state index in [-0.39, 0.29) is 11.5 Å².